The topological polar surface area (TPSA) is 53.7 Å². The van der Waals surface area contributed by atoms with Gasteiger partial charge in [-0.3, -0.25) is 0 Å². The van der Waals surface area contributed by atoms with Gasteiger partial charge in [0.25, 0.3) is 0 Å². The molecule has 1 aromatic rings. The van der Waals surface area contributed by atoms with E-state index in [2.05, 4.69) is 12.1 Å². The van der Waals surface area contributed by atoms with Crippen LogP contribution in [0.5, 0.6) is 5.75 Å². The molecule has 2 heterocycles. The quantitative estimate of drug-likeness (QED) is 0.922. The molecule has 1 unspecified atom stereocenters. The molecule has 0 aromatic heterocycles. The van der Waals surface area contributed by atoms with Gasteiger partial charge >= 0.3 is 0 Å². The molecular formula is C16H23NO3. The van der Waals surface area contributed by atoms with Gasteiger partial charge in [0.2, 0.25) is 0 Å². The van der Waals surface area contributed by atoms with Crippen molar-refractivity contribution in [2.75, 3.05) is 19.8 Å². The van der Waals surface area contributed by atoms with Crippen LogP contribution in [-0.2, 0) is 9.47 Å². The average molecular weight is 277 g/mol. The van der Waals surface area contributed by atoms with E-state index in [0.29, 0.717) is 12.5 Å². The van der Waals surface area contributed by atoms with Crippen molar-refractivity contribution in [1.29, 1.82) is 0 Å². The maximum Gasteiger partial charge on any atom is 0.199 e. The fraction of sp³-hybridized carbons (Fsp3) is 0.625. The van der Waals surface area contributed by atoms with Gasteiger partial charge in [0.1, 0.15) is 5.75 Å². The zero-order valence-electron chi connectivity index (χ0n) is 11.8. The van der Waals surface area contributed by atoms with E-state index in [0.717, 1.165) is 38.2 Å². The number of hydrogen-bond donors (Lipinski definition) is 1. The Balaban J connectivity index is 1.61. The van der Waals surface area contributed by atoms with E-state index in [1.54, 1.807) is 0 Å². The largest absolute Gasteiger partial charge is 0.465 e. The Bertz CT molecular complexity index is 414. The third kappa shape index (κ3) is 3.32. The smallest absolute Gasteiger partial charge is 0.199 e. The highest BCUT2D eigenvalue weighted by Gasteiger charge is 2.24. The van der Waals surface area contributed by atoms with E-state index in [4.69, 9.17) is 19.9 Å². The molecule has 0 aliphatic carbocycles. The number of hydrogen-bond acceptors (Lipinski definition) is 4. The summed E-state index contributed by atoms with van der Waals surface area (Å²) in [6.45, 7) is 2.26. The van der Waals surface area contributed by atoms with Crippen molar-refractivity contribution in [3.8, 4) is 5.75 Å². The average Bonchev–Trinajstić information content (AvgIpc) is 2.50. The first-order chi connectivity index (χ1) is 9.83. The van der Waals surface area contributed by atoms with Crippen molar-refractivity contribution >= 4 is 0 Å². The third-order valence-electron chi connectivity index (χ3n) is 4.11. The molecule has 0 amide bonds. The van der Waals surface area contributed by atoms with Gasteiger partial charge in [0.15, 0.2) is 6.29 Å². The van der Waals surface area contributed by atoms with Crippen molar-refractivity contribution in [2.45, 2.75) is 43.9 Å². The van der Waals surface area contributed by atoms with Crippen LogP contribution < -0.4 is 10.5 Å². The highest BCUT2D eigenvalue weighted by atomic mass is 16.7. The molecule has 2 saturated heterocycles. The summed E-state index contributed by atoms with van der Waals surface area (Å²) in [4.78, 5) is 0. The normalized spacial score (nSPS) is 30.9. The number of ether oxygens (including phenoxy) is 3. The molecule has 2 aliphatic heterocycles. The second-order valence-electron chi connectivity index (χ2n) is 5.62. The van der Waals surface area contributed by atoms with E-state index in [9.17, 15) is 0 Å². The molecule has 2 fully saturated rings. The molecule has 2 aliphatic rings. The highest BCUT2D eigenvalue weighted by Crippen LogP contribution is 2.28. The van der Waals surface area contributed by atoms with Gasteiger partial charge in [-0.05, 0) is 37.0 Å². The molecule has 110 valence electrons. The molecule has 3 rings (SSSR count). The lowest BCUT2D eigenvalue weighted by Crippen LogP contribution is -2.37. The van der Waals surface area contributed by atoms with Gasteiger partial charge in [0.05, 0.1) is 13.2 Å². The zero-order valence-corrected chi connectivity index (χ0v) is 11.8. The minimum Gasteiger partial charge on any atom is -0.465 e. The Morgan fingerprint density at radius 3 is 2.60 bits per heavy atom. The van der Waals surface area contributed by atoms with Crippen molar-refractivity contribution in [3.05, 3.63) is 29.8 Å². The van der Waals surface area contributed by atoms with Crippen LogP contribution in [0.15, 0.2) is 24.3 Å². The van der Waals surface area contributed by atoms with E-state index in [-0.39, 0.29) is 12.3 Å². The number of nitrogens with two attached hydrogens (primary N) is 1. The van der Waals surface area contributed by atoms with Crippen molar-refractivity contribution in [2.24, 2.45) is 5.73 Å². The standard InChI is InChI=1S/C16H23NO3/c17-15-11-18-10-8-14(15)12-4-6-13(7-5-12)20-16-3-1-2-9-19-16/h4-7,14-16H,1-3,8-11,17H2/t14-,15+,16?/m0/s1. The van der Waals surface area contributed by atoms with Crippen LogP contribution in [0, 0.1) is 0 Å². The summed E-state index contributed by atoms with van der Waals surface area (Å²) in [5.41, 5.74) is 7.40. The predicted molar refractivity (Wildman–Crippen MR) is 76.8 cm³/mol. The fourth-order valence-corrected chi connectivity index (χ4v) is 2.92. The number of benzene rings is 1. The molecular weight excluding hydrogens is 254 g/mol. The summed E-state index contributed by atoms with van der Waals surface area (Å²) in [7, 11) is 0. The lowest BCUT2D eigenvalue weighted by Gasteiger charge is -2.29. The molecule has 2 N–H and O–H groups in total. The first-order valence-corrected chi connectivity index (χ1v) is 7.54. The van der Waals surface area contributed by atoms with Gasteiger partial charge in [-0.2, -0.15) is 0 Å². The van der Waals surface area contributed by atoms with Crippen LogP contribution in [0.4, 0.5) is 0 Å². The molecule has 1 aromatic carbocycles. The van der Waals surface area contributed by atoms with E-state index >= 15 is 0 Å². The van der Waals surface area contributed by atoms with E-state index in [1.165, 1.54) is 12.0 Å². The molecule has 0 bridgehead atoms. The van der Waals surface area contributed by atoms with Crippen LogP contribution in [0.25, 0.3) is 0 Å². The molecule has 20 heavy (non-hydrogen) atoms. The van der Waals surface area contributed by atoms with Gasteiger partial charge in [-0.1, -0.05) is 12.1 Å². The number of rotatable bonds is 3. The molecule has 0 saturated carbocycles. The Kier molecular flexibility index (Phi) is 4.55. The van der Waals surface area contributed by atoms with E-state index < -0.39 is 0 Å². The first kappa shape index (κ1) is 13.9. The van der Waals surface area contributed by atoms with Gasteiger partial charge in [-0.25, -0.2) is 0 Å². The maximum absolute atomic E-state index is 6.12. The lowest BCUT2D eigenvalue weighted by molar-refractivity contribution is -0.105. The van der Waals surface area contributed by atoms with Crippen LogP contribution in [0.1, 0.15) is 37.2 Å². The molecule has 0 spiro atoms. The van der Waals surface area contributed by atoms with Crippen LogP contribution in [0.3, 0.4) is 0 Å². The summed E-state index contributed by atoms with van der Waals surface area (Å²) in [5.74, 6) is 1.27. The SMILES string of the molecule is N[C@@H]1COCC[C@H]1c1ccc(OC2CCCCO2)cc1. The van der Waals surface area contributed by atoms with Gasteiger partial charge in [-0.15, -0.1) is 0 Å². The summed E-state index contributed by atoms with van der Waals surface area (Å²) < 4.78 is 16.8. The Morgan fingerprint density at radius 1 is 1.05 bits per heavy atom. The van der Waals surface area contributed by atoms with Crippen LogP contribution in [0.2, 0.25) is 0 Å². The highest BCUT2D eigenvalue weighted by molar-refractivity contribution is 5.30. The Labute approximate surface area is 120 Å². The van der Waals surface area contributed by atoms with Crippen molar-refractivity contribution < 1.29 is 14.2 Å². The second-order valence-corrected chi connectivity index (χ2v) is 5.62. The minimum absolute atomic E-state index is 0.0834. The summed E-state index contributed by atoms with van der Waals surface area (Å²) in [5, 5.41) is 0. The predicted octanol–water partition coefficient (Wildman–Crippen LogP) is 2.42. The fourth-order valence-electron chi connectivity index (χ4n) is 2.92. The molecule has 0 radical (unpaired) electrons. The molecule has 4 nitrogen and oxygen atoms in total. The molecule has 3 atom stereocenters. The van der Waals surface area contributed by atoms with Crippen LogP contribution in [-0.4, -0.2) is 32.2 Å². The van der Waals surface area contributed by atoms with Gasteiger partial charge < -0.3 is 19.9 Å². The zero-order chi connectivity index (χ0) is 13.8. The summed E-state index contributed by atoms with van der Waals surface area (Å²) in [6, 6.07) is 8.38. The van der Waals surface area contributed by atoms with Crippen molar-refractivity contribution in [1.82, 2.24) is 0 Å². The minimum atomic E-state index is -0.0834. The third-order valence-corrected chi connectivity index (χ3v) is 4.11. The monoisotopic (exact) mass is 277 g/mol. The molecule has 4 heteroatoms. The summed E-state index contributed by atoms with van der Waals surface area (Å²) >= 11 is 0. The Hall–Kier alpha value is -1.10. The first-order valence-electron chi connectivity index (χ1n) is 7.54. The Morgan fingerprint density at radius 2 is 1.90 bits per heavy atom. The maximum atomic E-state index is 6.12. The van der Waals surface area contributed by atoms with Gasteiger partial charge in [0, 0.05) is 25.0 Å². The van der Waals surface area contributed by atoms with Crippen molar-refractivity contribution in [3.63, 3.8) is 0 Å². The van der Waals surface area contributed by atoms with E-state index in [1.807, 2.05) is 12.1 Å². The summed E-state index contributed by atoms with van der Waals surface area (Å²) in [6.07, 6.45) is 4.21. The second kappa shape index (κ2) is 6.57. The van der Waals surface area contributed by atoms with Crippen LogP contribution >= 0.6 is 0 Å². The lowest BCUT2D eigenvalue weighted by atomic mass is 9.88.